The number of halogens is 1. The molecular weight excluding hydrogens is 143 g/mol. The van der Waals surface area contributed by atoms with E-state index in [2.05, 4.69) is 0 Å². The minimum absolute atomic E-state index is 0.267. The van der Waals surface area contributed by atoms with Crippen molar-refractivity contribution in [3.05, 3.63) is 35.6 Å². The summed E-state index contributed by atoms with van der Waals surface area (Å²) in [7, 11) is 0. The fourth-order valence-electron chi connectivity index (χ4n) is 0.921. The highest BCUT2D eigenvalue weighted by Crippen LogP contribution is 2.15. The molecule has 0 saturated carbocycles. The van der Waals surface area contributed by atoms with Crippen LogP contribution in [0.25, 0.3) is 0 Å². The van der Waals surface area contributed by atoms with Crippen LogP contribution in [0.1, 0.15) is 25.0 Å². The Morgan fingerprint density at radius 2 is 1.91 bits per heavy atom. The number of aliphatic hydroxyl groups excluding tert-OH is 1. The summed E-state index contributed by atoms with van der Waals surface area (Å²) in [5, 5.41) is 9.30. The quantitative estimate of drug-likeness (QED) is 0.692. The standard InChI is InChI=1S/C9H11FO/c1-2-9(11)7-3-5-8(10)6-4-7/h3-6,9,11H,2H2,1H3/t9-/m0/s1. The van der Waals surface area contributed by atoms with Crippen LogP contribution in [0.5, 0.6) is 0 Å². The number of rotatable bonds is 2. The Bertz CT molecular complexity index is 218. The molecule has 0 saturated heterocycles. The predicted octanol–water partition coefficient (Wildman–Crippen LogP) is 2.27. The Balaban J connectivity index is 2.81. The molecule has 2 heteroatoms. The summed E-state index contributed by atoms with van der Waals surface area (Å²) in [4.78, 5) is 0. The average Bonchev–Trinajstić information content (AvgIpc) is 2.05. The van der Waals surface area contributed by atoms with Gasteiger partial charge < -0.3 is 5.11 Å². The van der Waals surface area contributed by atoms with E-state index in [0.29, 0.717) is 6.42 Å². The fraction of sp³-hybridized carbons (Fsp3) is 0.333. The van der Waals surface area contributed by atoms with Gasteiger partial charge in [0.1, 0.15) is 5.82 Å². The molecule has 0 radical (unpaired) electrons. The monoisotopic (exact) mass is 154 g/mol. The van der Waals surface area contributed by atoms with Gasteiger partial charge in [-0.05, 0) is 24.1 Å². The van der Waals surface area contributed by atoms with Crippen molar-refractivity contribution in [1.29, 1.82) is 0 Å². The van der Waals surface area contributed by atoms with E-state index in [1.807, 2.05) is 6.92 Å². The first-order valence-corrected chi connectivity index (χ1v) is 3.67. The summed E-state index contributed by atoms with van der Waals surface area (Å²) >= 11 is 0. The summed E-state index contributed by atoms with van der Waals surface area (Å²) in [5.74, 6) is -0.267. The lowest BCUT2D eigenvalue weighted by Crippen LogP contribution is -1.94. The molecule has 1 rings (SSSR count). The molecule has 0 amide bonds. The normalized spacial score (nSPS) is 13.0. The number of benzene rings is 1. The first-order valence-electron chi connectivity index (χ1n) is 3.67. The van der Waals surface area contributed by atoms with E-state index in [-0.39, 0.29) is 5.82 Å². The third-order valence-electron chi connectivity index (χ3n) is 1.64. The zero-order chi connectivity index (χ0) is 8.27. The third kappa shape index (κ3) is 2.02. The van der Waals surface area contributed by atoms with Crippen LogP contribution in [-0.2, 0) is 0 Å². The zero-order valence-electron chi connectivity index (χ0n) is 6.42. The SMILES string of the molecule is CC[C@H](O)c1ccc(F)cc1. The molecule has 1 aromatic carbocycles. The highest BCUT2D eigenvalue weighted by molar-refractivity contribution is 5.18. The highest BCUT2D eigenvalue weighted by atomic mass is 19.1. The van der Waals surface area contributed by atoms with Gasteiger partial charge in [0, 0.05) is 0 Å². The van der Waals surface area contributed by atoms with Crippen LogP contribution in [-0.4, -0.2) is 5.11 Å². The van der Waals surface area contributed by atoms with Gasteiger partial charge in [0.15, 0.2) is 0 Å². The second-order valence-corrected chi connectivity index (χ2v) is 2.48. The van der Waals surface area contributed by atoms with Crippen molar-refractivity contribution in [3.8, 4) is 0 Å². The van der Waals surface area contributed by atoms with Crippen molar-refractivity contribution in [2.24, 2.45) is 0 Å². The molecule has 0 aromatic heterocycles. The molecule has 0 aliphatic carbocycles. The summed E-state index contributed by atoms with van der Waals surface area (Å²) in [6.45, 7) is 1.88. The van der Waals surface area contributed by atoms with Gasteiger partial charge in [-0.3, -0.25) is 0 Å². The smallest absolute Gasteiger partial charge is 0.123 e. The van der Waals surface area contributed by atoms with Gasteiger partial charge in [0.05, 0.1) is 6.10 Å². The molecule has 0 unspecified atom stereocenters. The molecule has 1 atom stereocenters. The lowest BCUT2D eigenvalue weighted by atomic mass is 10.1. The Morgan fingerprint density at radius 1 is 1.36 bits per heavy atom. The molecule has 0 heterocycles. The van der Waals surface area contributed by atoms with Gasteiger partial charge in [-0.2, -0.15) is 0 Å². The van der Waals surface area contributed by atoms with E-state index in [4.69, 9.17) is 0 Å². The van der Waals surface area contributed by atoms with Crippen molar-refractivity contribution in [2.75, 3.05) is 0 Å². The van der Waals surface area contributed by atoms with Gasteiger partial charge in [-0.1, -0.05) is 19.1 Å². The molecule has 0 aliphatic heterocycles. The number of hydrogen-bond acceptors (Lipinski definition) is 1. The maximum atomic E-state index is 12.4. The minimum atomic E-state index is -0.462. The van der Waals surface area contributed by atoms with Crippen molar-refractivity contribution < 1.29 is 9.50 Å². The second kappa shape index (κ2) is 3.49. The largest absolute Gasteiger partial charge is 0.388 e. The van der Waals surface area contributed by atoms with Crippen molar-refractivity contribution in [1.82, 2.24) is 0 Å². The maximum Gasteiger partial charge on any atom is 0.123 e. The summed E-state index contributed by atoms with van der Waals surface area (Å²) in [6, 6.07) is 5.91. The predicted molar refractivity (Wildman–Crippen MR) is 41.7 cm³/mol. The molecule has 11 heavy (non-hydrogen) atoms. The van der Waals surface area contributed by atoms with E-state index in [9.17, 15) is 9.50 Å². The molecule has 1 aromatic rings. The zero-order valence-corrected chi connectivity index (χ0v) is 6.42. The fourth-order valence-corrected chi connectivity index (χ4v) is 0.921. The van der Waals surface area contributed by atoms with Gasteiger partial charge in [0.25, 0.3) is 0 Å². The van der Waals surface area contributed by atoms with E-state index >= 15 is 0 Å². The van der Waals surface area contributed by atoms with Crippen LogP contribution in [0, 0.1) is 5.82 Å². The van der Waals surface area contributed by atoms with E-state index in [0.717, 1.165) is 5.56 Å². The molecule has 60 valence electrons. The van der Waals surface area contributed by atoms with Crippen molar-refractivity contribution >= 4 is 0 Å². The summed E-state index contributed by atoms with van der Waals surface area (Å²) in [5.41, 5.74) is 0.772. The Labute approximate surface area is 65.5 Å². The number of aliphatic hydroxyl groups is 1. The van der Waals surface area contributed by atoms with Crippen molar-refractivity contribution in [2.45, 2.75) is 19.4 Å². The van der Waals surface area contributed by atoms with Crippen molar-refractivity contribution in [3.63, 3.8) is 0 Å². The lowest BCUT2D eigenvalue weighted by molar-refractivity contribution is 0.173. The molecular formula is C9H11FO. The molecule has 0 aliphatic rings. The van der Waals surface area contributed by atoms with Gasteiger partial charge in [0.2, 0.25) is 0 Å². The van der Waals surface area contributed by atoms with Gasteiger partial charge >= 0.3 is 0 Å². The number of hydrogen-bond donors (Lipinski definition) is 1. The van der Waals surface area contributed by atoms with E-state index in [1.165, 1.54) is 12.1 Å². The van der Waals surface area contributed by atoms with E-state index in [1.54, 1.807) is 12.1 Å². The van der Waals surface area contributed by atoms with Gasteiger partial charge in [-0.15, -0.1) is 0 Å². The van der Waals surface area contributed by atoms with Crippen LogP contribution >= 0.6 is 0 Å². The Hall–Kier alpha value is -0.890. The highest BCUT2D eigenvalue weighted by Gasteiger charge is 2.02. The molecule has 0 spiro atoms. The van der Waals surface area contributed by atoms with Crippen LogP contribution in [0.4, 0.5) is 4.39 Å². The summed E-state index contributed by atoms with van der Waals surface area (Å²) in [6.07, 6.45) is 0.196. The molecule has 1 nitrogen and oxygen atoms in total. The van der Waals surface area contributed by atoms with Gasteiger partial charge in [-0.25, -0.2) is 4.39 Å². The molecule has 1 N–H and O–H groups in total. The summed E-state index contributed by atoms with van der Waals surface area (Å²) < 4.78 is 12.4. The minimum Gasteiger partial charge on any atom is -0.388 e. The van der Waals surface area contributed by atoms with Crippen LogP contribution in [0.15, 0.2) is 24.3 Å². The maximum absolute atomic E-state index is 12.4. The van der Waals surface area contributed by atoms with Crippen LogP contribution in [0.3, 0.4) is 0 Å². The van der Waals surface area contributed by atoms with E-state index < -0.39 is 6.10 Å². The molecule has 0 fully saturated rings. The first kappa shape index (κ1) is 8.21. The Morgan fingerprint density at radius 3 is 2.36 bits per heavy atom. The first-order chi connectivity index (χ1) is 5.24. The third-order valence-corrected chi connectivity index (χ3v) is 1.64. The Kier molecular flexibility index (Phi) is 2.60. The van der Waals surface area contributed by atoms with Crippen LogP contribution < -0.4 is 0 Å². The topological polar surface area (TPSA) is 20.2 Å². The molecule has 0 bridgehead atoms. The lowest BCUT2D eigenvalue weighted by Gasteiger charge is -2.06. The second-order valence-electron chi connectivity index (χ2n) is 2.48. The van der Waals surface area contributed by atoms with Crippen LogP contribution in [0.2, 0.25) is 0 Å². The average molecular weight is 154 g/mol.